The molecule has 0 aliphatic carbocycles. The van der Waals surface area contributed by atoms with Crippen molar-refractivity contribution in [3.8, 4) is 5.75 Å². The summed E-state index contributed by atoms with van der Waals surface area (Å²) in [4.78, 5) is 23.7. The summed E-state index contributed by atoms with van der Waals surface area (Å²) in [5.41, 5.74) is 0.246. The highest BCUT2D eigenvalue weighted by atomic mass is 16.6. The average Bonchev–Trinajstić information content (AvgIpc) is 2.36. The Bertz CT molecular complexity index is 520. The number of aromatic hydroxyl groups is 1. The number of carbonyl (C=O) groups is 2. The third-order valence-electron chi connectivity index (χ3n) is 2.88. The first-order valence-electron chi connectivity index (χ1n) is 7.17. The van der Waals surface area contributed by atoms with Gasteiger partial charge in [0.15, 0.2) is 0 Å². The molecule has 2 amide bonds. The molecule has 1 aromatic rings. The molecule has 0 aliphatic rings. The van der Waals surface area contributed by atoms with Crippen molar-refractivity contribution in [1.29, 1.82) is 0 Å². The Kier molecular flexibility index (Phi) is 5.79. The lowest BCUT2D eigenvalue weighted by Gasteiger charge is -2.22. The number of benzene rings is 1. The van der Waals surface area contributed by atoms with E-state index in [0.29, 0.717) is 0 Å². The van der Waals surface area contributed by atoms with Crippen LogP contribution in [-0.4, -0.2) is 28.7 Å². The molecule has 0 heterocycles. The molecule has 0 saturated heterocycles. The van der Waals surface area contributed by atoms with Crippen molar-refractivity contribution in [2.45, 2.75) is 52.3 Å². The highest BCUT2D eigenvalue weighted by molar-refractivity contribution is 5.85. The molecule has 1 aromatic carbocycles. The molecule has 0 fully saturated rings. The lowest BCUT2D eigenvalue weighted by Crippen LogP contribution is -2.47. The van der Waals surface area contributed by atoms with E-state index >= 15 is 0 Å². The zero-order valence-electron chi connectivity index (χ0n) is 13.6. The molecule has 2 atom stereocenters. The van der Waals surface area contributed by atoms with Gasteiger partial charge in [-0.05, 0) is 52.3 Å². The van der Waals surface area contributed by atoms with Crippen LogP contribution in [0, 0.1) is 0 Å². The number of alkyl carbamates (subject to hydrolysis) is 1. The normalized spacial score (nSPS) is 13.9. The van der Waals surface area contributed by atoms with Gasteiger partial charge in [0.1, 0.15) is 17.4 Å². The summed E-state index contributed by atoms with van der Waals surface area (Å²) < 4.78 is 5.10. The Morgan fingerprint density at radius 1 is 1.09 bits per heavy atom. The van der Waals surface area contributed by atoms with E-state index in [1.807, 2.05) is 6.92 Å². The molecule has 0 aliphatic heterocycles. The van der Waals surface area contributed by atoms with Gasteiger partial charge in [0.25, 0.3) is 0 Å². The quantitative estimate of drug-likeness (QED) is 0.797. The fourth-order valence-corrected chi connectivity index (χ4v) is 1.73. The predicted molar refractivity (Wildman–Crippen MR) is 83.5 cm³/mol. The summed E-state index contributed by atoms with van der Waals surface area (Å²) in [5, 5.41) is 14.5. The topological polar surface area (TPSA) is 87.7 Å². The number of carbonyl (C=O) groups excluding carboxylic acids is 2. The SMILES string of the molecule is C[C@H](NC(=O)OC(C)(C)C)C(=O)N[C@H](C)c1ccc(O)cc1. The van der Waals surface area contributed by atoms with Crippen molar-refractivity contribution in [3.05, 3.63) is 29.8 Å². The summed E-state index contributed by atoms with van der Waals surface area (Å²) in [6, 6.07) is 5.62. The van der Waals surface area contributed by atoms with Crippen molar-refractivity contribution in [1.82, 2.24) is 10.6 Å². The number of ether oxygens (including phenoxy) is 1. The maximum absolute atomic E-state index is 12.1. The molecule has 122 valence electrons. The first-order chi connectivity index (χ1) is 10.1. The summed E-state index contributed by atoms with van der Waals surface area (Å²) in [6.07, 6.45) is -0.632. The number of hydrogen-bond donors (Lipinski definition) is 3. The fourth-order valence-electron chi connectivity index (χ4n) is 1.73. The van der Waals surface area contributed by atoms with E-state index in [4.69, 9.17) is 4.74 Å². The number of phenols is 1. The molecule has 0 unspecified atom stereocenters. The van der Waals surface area contributed by atoms with Crippen molar-refractivity contribution in [3.63, 3.8) is 0 Å². The minimum absolute atomic E-state index is 0.169. The molecule has 1 rings (SSSR count). The third kappa shape index (κ3) is 6.03. The zero-order valence-corrected chi connectivity index (χ0v) is 13.6. The molecular formula is C16H24N2O4. The van der Waals surface area contributed by atoms with Gasteiger partial charge in [-0.1, -0.05) is 12.1 Å². The predicted octanol–water partition coefficient (Wildman–Crippen LogP) is 2.48. The second-order valence-corrected chi connectivity index (χ2v) is 6.19. The molecule has 22 heavy (non-hydrogen) atoms. The van der Waals surface area contributed by atoms with Crippen LogP contribution in [0.15, 0.2) is 24.3 Å². The van der Waals surface area contributed by atoms with Crippen LogP contribution in [0.2, 0.25) is 0 Å². The van der Waals surface area contributed by atoms with Gasteiger partial charge in [-0.25, -0.2) is 4.79 Å². The van der Waals surface area contributed by atoms with Crippen LogP contribution in [0.3, 0.4) is 0 Å². The number of amides is 2. The Morgan fingerprint density at radius 2 is 1.64 bits per heavy atom. The van der Waals surface area contributed by atoms with Gasteiger partial charge in [-0.15, -0.1) is 0 Å². The van der Waals surface area contributed by atoms with Gasteiger partial charge >= 0.3 is 6.09 Å². The van der Waals surface area contributed by atoms with Crippen LogP contribution in [0.25, 0.3) is 0 Å². The molecule has 0 radical (unpaired) electrons. The number of nitrogens with one attached hydrogen (secondary N) is 2. The maximum Gasteiger partial charge on any atom is 0.408 e. The van der Waals surface area contributed by atoms with Crippen LogP contribution in [0.5, 0.6) is 5.75 Å². The molecule has 0 saturated carbocycles. The van der Waals surface area contributed by atoms with Crippen molar-refractivity contribution < 1.29 is 19.4 Å². The van der Waals surface area contributed by atoms with Crippen molar-refractivity contribution in [2.75, 3.05) is 0 Å². The summed E-state index contributed by atoms with van der Waals surface area (Å²) in [7, 11) is 0. The molecule has 6 heteroatoms. The number of phenolic OH excluding ortho intramolecular Hbond substituents is 1. The Balaban J connectivity index is 2.53. The molecule has 0 bridgehead atoms. The largest absolute Gasteiger partial charge is 0.508 e. The smallest absolute Gasteiger partial charge is 0.408 e. The van der Waals surface area contributed by atoms with Crippen LogP contribution in [0.1, 0.15) is 46.2 Å². The van der Waals surface area contributed by atoms with E-state index in [1.165, 1.54) is 0 Å². The van der Waals surface area contributed by atoms with Gasteiger partial charge in [-0.3, -0.25) is 4.79 Å². The highest BCUT2D eigenvalue weighted by Crippen LogP contribution is 2.16. The van der Waals surface area contributed by atoms with E-state index in [9.17, 15) is 14.7 Å². The van der Waals surface area contributed by atoms with E-state index in [-0.39, 0.29) is 17.7 Å². The molecule has 0 aromatic heterocycles. The minimum atomic E-state index is -0.714. The molecule has 3 N–H and O–H groups in total. The number of hydrogen-bond acceptors (Lipinski definition) is 4. The van der Waals surface area contributed by atoms with E-state index in [0.717, 1.165) is 5.56 Å². The summed E-state index contributed by atoms with van der Waals surface area (Å²) >= 11 is 0. The van der Waals surface area contributed by atoms with Crippen LogP contribution >= 0.6 is 0 Å². The van der Waals surface area contributed by atoms with E-state index < -0.39 is 17.7 Å². The van der Waals surface area contributed by atoms with Crippen LogP contribution < -0.4 is 10.6 Å². The van der Waals surface area contributed by atoms with Gasteiger partial charge in [0.05, 0.1) is 6.04 Å². The van der Waals surface area contributed by atoms with Crippen molar-refractivity contribution >= 4 is 12.0 Å². The molecular weight excluding hydrogens is 284 g/mol. The van der Waals surface area contributed by atoms with Gasteiger partial charge in [0.2, 0.25) is 5.91 Å². The van der Waals surface area contributed by atoms with E-state index in [1.54, 1.807) is 52.0 Å². The van der Waals surface area contributed by atoms with E-state index in [2.05, 4.69) is 10.6 Å². The number of rotatable bonds is 4. The second kappa shape index (κ2) is 7.15. The van der Waals surface area contributed by atoms with Crippen molar-refractivity contribution in [2.24, 2.45) is 0 Å². The summed E-state index contributed by atoms with van der Waals surface area (Å²) in [6.45, 7) is 8.67. The molecule has 0 spiro atoms. The lowest BCUT2D eigenvalue weighted by molar-refractivity contribution is -0.123. The zero-order chi connectivity index (χ0) is 16.9. The van der Waals surface area contributed by atoms with Gasteiger partial charge in [-0.2, -0.15) is 0 Å². The molecule has 6 nitrogen and oxygen atoms in total. The van der Waals surface area contributed by atoms with Crippen LogP contribution in [0.4, 0.5) is 4.79 Å². The van der Waals surface area contributed by atoms with Gasteiger partial charge in [0, 0.05) is 0 Å². The third-order valence-corrected chi connectivity index (χ3v) is 2.88. The first kappa shape index (κ1) is 17.8. The summed E-state index contributed by atoms with van der Waals surface area (Å²) in [5.74, 6) is -0.145. The van der Waals surface area contributed by atoms with Crippen LogP contribution in [-0.2, 0) is 9.53 Å². The minimum Gasteiger partial charge on any atom is -0.508 e. The van der Waals surface area contributed by atoms with Gasteiger partial charge < -0.3 is 20.5 Å². The lowest BCUT2D eigenvalue weighted by atomic mass is 10.1. The Labute approximate surface area is 130 Å². The fraction of sp³-hybridized carbons (Fsp3) is 0.500. The second-order valence-electron chi connectivity index (χ2n) is 6.19. The maximum atomic E-state index is 12.1. The average molecular weight is 308 g/mol. The first-order valence-corrected chi connectivity index (χ1v) is 7.17. The Hall–Kier alpha value is -2.24. The highest BCUT2D eigenvalue weighted by Gasteiger charge is 2.22. The monoisotopic (exact) mass is 308 g/mol. The standard InChI is InChI=1S/C16H24N2O4/c1-10(12-6-8-13(19)9-7-12)17-14(20)11(2)18-15(21)22-16(3,4)5/h6-11,19H,1-5H3,(H,17,20)(H,18,21)/t10-,11+/m1/s1. The Morgan fingerprint density at radius 3 is 2.14 bits per heavy atom.